The number of hydrogen-bond donors (Lipinski definition) is 1. The van der Waals surface area contributed by atoms with Gasteiger partial charge < -0.3 is 0 Å². The van der Waals surface area contributed by atoms with E-state index in [1.807, 2.05) is 13.0 Å². The Balaban J connectivity index is 2.69. The summed E-state index contributed by atoms with van der Waals surface area (Å²) in [4.78, 5) is 0. The van der Waals surface area contributed by atoms with Crippen molar-refractivity contribution in [3.8, 4) is 5.69 Å². The molecule has 0 saturated carbocycles. The van der Waals surface area contributed by atoms with E-state index in [0.29, 0.717) is 5.69 Å². The van der Waals surface area contributed by atoms with Crippen molar-refractivity contribution < 1.29 is 13.2 Å². The molecular formula is C13H13F3N2S. The molecule has 1 aromatic heterocycles. The van der Waals surface area contributed by atoms with Gasteiger partial charge in [0.25, 0.3) is 0 Å². The highest BCUT2D eigenvalue weighted by Gasteiger charge is 2.38. The van der Waals surface area contributed by atoms with Gasteiger partial charge in [-0.1, -0.05) is 12.1 Å². The first kappa shape index (κ1) is 14.0. The molecule has 0 aliphatic carbocycles. The Hall–Kier alpha value is -1.43. The quantitative estimate of drug-likeness (QED) is 0.828. The maximum absolute atomic E-state index is 13.2. The molecule has 0 aliphatic rings. The Bertz CT molecular complexity index is 602. The molecular weight excluding hydrogens is 273 g/mol. The van der Waals surface area contributed by atoms with Crippen LogP contribution in [-0.4, -0.2) is 9.78 Å². The lowest BCUT2D eigenvalue weighted by molar-refractivity contribution is -0.143. The van der Waals surface area contributed by atoms with Crippen molar-refractivity contribution in [1.29, 1.82) is 0 Å². The van der Waals surface area contributed by atoms with E-state index < -0.39 is 11.9 Å². The molecule has 1 aromatic carbocycles. The van der Waals surface area contributed by atoms with Crippen molar-refractivity contribution >= 4 is 12.6 Å². The first-order chi connectivity index (χ1) is 8.84. The Morgan fingerprint density at radius 3 is 2.53 bits per heavy atom. The van der Waals surface area contributed by atoms with Crippen LogP contribution in [0.5, 0.6) is 0 Å². The molecule has 0 bridgehead atoms. The van der Waals surface area contributed by atoms with Crippen LogP contribution in [0.4, 0.5) is 13.2 Å². The molecule has 2 aromatic rings. The minimum Gasteiger partial charge on any atom is -0.228 e. The summed E-state index contributed by atoms with van der Waals surface area (Å²) in [6.45, 7) is 3.59. The summed E-state index contributed by atoms with van der Waals surface area (Å²) in [6.07, 6.45) is -3.23. The van der Waals surface area contributed by atoms with E-state index in [-0.39, 0.29) is 11.3 Å². The molecule has 0 unspecified atom stereocenters. The molecule has 2 nitrogen and oxygen atoms in total. The fraction of sp³-hybridized carbons (Fsp3) is 0.308. The molecule has 6 heteroatoms. The third kappa shape index (κ3) is 2.63. The molecule has 0 saturated heterocycles. The number of benzene rings is 1. The number of alkyl halides is 3. The first-order valence-corrected chi connectivity index (χ1v) is 6.30. The largest absolute Gasteiger partial charge is 0.433 e. The van der Waals surface area contributed by atoms with E-state index in [1.54, 1.807) is 19.1 Å². The van der Waals surface area contributed by atoms with Crippen LogP contribution in [0.1, 0.15) is 22.4 Å². The van der Waals surface area contributed by atoms with Gasteiger partial charge in [-0.2, -0.15) is 30.9 Å². The van der Waals surface area contributed by atoms with Crippen LogP contribution in [0.15, 0.2) is 24.4 Å². The van der Waals surface area contributed by atoms with Gasteiger partial charge >= 0.3 is 6.18 Å². The van der Waals surface area contributed by atoms with Crippen LogP contribution >= 0.6 is 12.6 Å². The maximum Gasteiger partial charge on any atom is 0.433 e. The van der Waals surface area contributed by atoms with Crippen molar-refractivity contribution in [3.63, 3.8) is 0 Å². The Labute approximate surface area is 114 Å². The zero-order valence-electron chi connectivity index (χ0n) is 10.5. The summed E-state index contributed by atoms with van der Waals surface area (Å²) in [7, 11) is 0. The molecule has 2 rings (SSSR count). The van der Waals surface area contributed by atoms with Gasteiger partial charge in [-0.15, -0.1) is 0 Å². The van der Waals surface area contributed by atoms with Crippen LogP contribution in [-0.2, 0) is 11.9 Å². The zero-order valence-corrected chi connectivity index (χ0v) is 11.4. The van der Waals surface area contributed by atoms with Crippen molar-refractivity contribution in [1.82, 2.24) is 9.78 Å². The number of aromatic nitrogens is 2. The predicted octanol–water partition coefficient (Wildman–Crippen LogP) is 3.94. The number of thiol groups is 1. The second-order valence-corrected chi connectivity index (χ2v) is 4.69. The molecule has 0 N–H and O–H groups in total. The summed E-state index contributed by atoms with van der Waals surface area (Å²) >= 11 is 3.93. The average molecular weight is 286 g/mol. The van der Waals surface area contributed by atoms with Crippen LogP contribution in [0.3, 0.4) is 0 Å². The lowest BCUT2D eigenvalue weighted by Gasteiger charge is -2.14. The third-order valence-electron chi connectivity index (χ3n) is 2.88. The van der Waals surface area contributed by atoms with Crippen molar-refractivity contribution in [2.75, 3.05) is 0 Å². The highest BCUT2D eigenvalue weighted by molar-refractivity contribution is 7.79. The molecule has 0 radical (unpaired) electrons. The average Bonchev–Trinajstić information content (AvgIpc) is 2.75. The van der Waals surface area contributed by atoms with E-state index in [4.69, 9.17) is 0 Å². The van der Waals surface area contributed by atoms with E-state index in [2.05, 4.69) is 17.7 Å². The molecule has 0 aliphatic heterocycles. The van der Waals surface area contributed by atoms with E-state index >= 15 is 0 Å². The Morgan fingerprint density at radius 1 is 1.26 bits per heavy atom. The molecule has 1 heterocycles. The third-order valence-corrected chi connectivity index (χ3v) is 3.22. The first-order valence-electron chi connectivity index (χ1n) is 5.67. The van der Waals surface area contributed by atoms with Crippen LogP contribution in [0.25, 0.3) is 5.69 Å². The minimum atomic E-state index is -4.45. The van der Waals surface area contributed by atoms with Gasteiger partial charge in [-0.25, -0.2) is 4.68 Å². The summed E-state index contributed by atoms with van der Waals surface area (Å²) in [6, 6.07) is 5.34. The van der Waals surface area contributed by atoms with Crippen LogP contribution < -0.4 is 0 Å². The van der Waals surface area contributed by atoms with Gasteiger partial charge in [-0.05, 0) is 31.0 Å². The van der Waals surface area contributed by atoms with E-state index in [1.165, 1.54) is 6.20 Å². The standard InChI is InChI=1S/C13H13F3N2S/c1-8-3-4-9(2)11(5-8)18-12(13(14,15)16)10(7-19)6-17-18/h3-6,19H,7H2,1-2H3. The normalized spacial score (nSPS) is 11.9. The zero-order chi connectivity index (χ0) is 14.2. The summed E-state index contributed by atoms with van der Waals surface area (Å²) in [5.41, 5.74) is 1.40. The highest BCUT2D eigenvalue weighted by atomic mass is 32.1. The van der Waals surface area contributed by atoms with Crippen LogP contribution in [0.2, 0.25) is 0 Å². The number of hydrogen-bond acceptors (Lipinski definition) is 2. The number of nitrogens with zero attached hydrogens (tertiary/aromatic N) is 2. The SMILES string of the molecule is Cc1ccc(C)c(-n2ncc(CS)c2C(F)(F)F)c1. The monoisotopic (exact) mass is 286 g/mol. The highest BCUT2D eigenvalue weighted by Crippen LogP contribution is 2.34. The van der Waals surface area contributed by atoms with Crippen molar-refractivity contribution in [2.45, 2.75) is 25.8 Å². The predicted molar refractivity (Wildman–Crippen MR) is 70.7 cm³/mol. The maximum atomic E-state index is 13.2. The van der Waals surface area contributed by atoms with Gasteiger partial charge in [0.05, 0.1) is 11.9 Å². The van der Waals surface area contributed by atoms with Gasteiger partial charge in [0, 0.05) is 11.3 Å². The summed E-state index contributed by atoms with van der Waals surface area (Å²) < 4.78 is 40.4. The Morgan fingerprint density at radius 2 is 1.95 bits per heavy atom. The van der Waals surface area contributed by atoms with Gasteiger partial charge in [-0.3, -0.25) is 0 Å². The number of aryl methyl sites for hydroxylation is 2. The lowest BCUT2D eigenvalue weighted by Crippen LogP contribution is -2.16. The second-order valence-electron chi connectivity index (χ2n) is 4.38. The number of rotatable bonds is 2. The molecule has 0 amide bonds. The summed E-state index contributed by atoms with van der Waals surface area (Å²) in [5, 5.41) is 3.87. The summed E-state index contributed by atoms with van der Waals surface area (Å²) in [5.74, 6) is -0.000291. The lowest BCUT2D eigenvalue weighted by atomic mass is 10.1. The van der Waals surface area contributed by atoms with Crippen molar-refractivity contribution in [2.24, 2.45) is 0 Å². The molecule has 0 spiro atoms. The topological polar surface area (TPSA) is 17.8 Å². The number of halogens is 3. The smallest absolute Gasteiger partial charge is 0.228 e. The minimum absolute atomic E-state index is 0.000291. The Kier molecular flexibility index (Phi) is 3.62. The van der Waals surface area contributed by atoms with Crippen LogP contribution in [0, 0.1) is 13.8 Å². The van der Waals surface area contributed by atoms with Gasteiger partial charge in [0.15, 0.2) is 5.69 Å². The fourth-order valence-corrected chi connectivity index (χ4v) is 2.16. The van der Waals surface area contributed by atoms with E-state index in [0.717, 1.165) is 15.8 Å². The van der Waals surface area contributed by atoms with Gasteiger partial charge in [0.2, 0.25) is 0 Å². The van der Waals surface area contributed by atoms with Gasteiger partial charge in [0.1, 0.15) is 0 Å². The van der Waals surface area contributed by atoms with E-state index in [9.17, 15) is 13.2 Å². The second kappa shape index (κ2) is 4.92. The molecule has 0 fully saturated rings. The molecule has 102 valence electrons. The molecule has 0 atom stereocenters. The fourth-order valence-electron chi connectivity index (χ4n) is 1.93. The molecule has 19 heavy (non-hydrogen) atoms. The van der Waals surface area contributed by atoms with Crippen molar-refractivity contribution in [3.05, 3.63) is 46.8 Å².